The van der Waals surface area contributed by atoms with Gasteiger partial charge in [-0.05, 0) is 19.2 Å². The van der Waals surface area contributed by atoms with Crippen LogP contribution >= 0.6 is 11.8 Å². The lowest BCUT2D eigenvalue weighted by Crippen LogP contribution is -2.46. The Morgan fingerprint density at radius 2 is 2.06 bits per heavy atom. The second-order valence-electron chi connectivity index (χ2n) is 4.28. The molecule has 2 atom stereocenters. The molecule has 17 heavy (non-hydrogen) atoms. The van der Waals surface area contributed by atoms with Crippen molar-refractivity contribution in [3.8, 4) is 0 Å². The van der Waals surface area contributed by atoms with Crippen LogP contribution in [0.25, 0.3) is 0 Å². The van der Waals surface area contributed by atoms with Gasteiger partial charge >= 0.3 is 0 Å². The zero-order valence-electron chi connectivity index (χ0n) is 9.70. The number of hydrogen-bond acceptors (Lipinski definition) is 3. The van der Waals surface area contributed by atoms with Crippen LogP contribution in [0.4, 0.5) is 8.78 Å². The van der Waals surface area contributed by atoms with Crippen molar-refractivity contribution in [1.29, 1.82) is 0 Å². The minimum atomic E-state index is -0.617. The van der Waals surface area contributed by atoms with E-state index in [1.54, 1.807) is 11.8 Å². The van der Waals surface area contributed by atoms with Crippen molar-refractivity contribution in [3.05, 3.63) is 35.4 Å². The van der Waals surface area contributed by atoms with Crippen LogP contribution in [0.3, 0.4) is 0 Å². The normalized spacial score (nSPS) is 23.6. The molecule has 1 aliphatic rings. The first-order valence-corrected chi connectivity index (χ1v) is 6.74. The third-order valence-electron chi connectivity index (χ3n) is 3.19. The number of likely N-dealkylation sites (N-methyl/N-ethyl adjacent to an activating group) is 1. The summed E-state index contributed by atoms with van der Waals surface area (Å²) < 4.78 is 27.3. The first-order valence-electron chi connectivity index (χ1n) is 5.58. The number of nitrogens with two attached hydrogens (primary N) is 1. The molecular weight excluding hydrogens is 242 g/mol. The summed E-state index contributed by atoms with van der Waals surface area (Å²) >= 11 is 1.77. The van der Waals surface area contributed by atoms with E-state index >= 15 is 0 Å². The van der Waals surface area contributed by atoms with Crippen molar-refractivity contribution < 1.29 is 8.78 Å². The van der Waals surface area contributed by atoms with Crippen LogP contribution < -0.4 is 5.73 Å². The molecule has 0 aliphatic carbocycles. The van der Waals surface area contributed by atoms with Gasteiger partial charge in [0.25, 0.3) is 0 Å². The van der Waals surface area contributed by atoms with E-state index in [1.807, 2.05) is 7.05 Å². The Bertz CT molecular complexity index is 380. The minimum absolute atomic E-state index is 0.00634. The number of thioether (sulfide) groups is 1. The Morgan fingerprint density at radius 1 is 1.41 bits per heavy atom. The van der Waals surface area contributed by atoms with Crippen LogP contribution in [0.5, 0.6) is 0 Å². The van der Waals surface area contributed by atoms with E-state index < -0.39 is 17.7 Å². The Hall–Kier alpha value is -0.650. The predicted octanol–water partition coefficient (Wildman–Crippen LogP) is 2.01. The second kappa shape index (κ2) is 5.33. The monoisotopic (exact) mass is 258 g/mol. The molecule has 1 saturated heterocycles. The second-order valence-corrected chi connectivity index (χ2v) is 5.43. The van der Waals surface area contributed by atoms with Gasteiger partial charge in [-0.15, -0.1) is 0 Å². The fourth-order valence-electron chi connectivity index (χ4n) is 2.11. The Labute approximate surface area is 104 Å². The molecule has 94 valence electrons. The first kappa shape index (κ1) is 12.8. The molecule has 0 saturated carbocycles. The van der Waals surface area contributed by atoms with Crippen LogP contribution in [0.15, 0.2) is 18.2 Å². The van der Waals surface area contributed by atoms with Crippen LogP contribution in [-0.2, 0) is 0 Å². The zero-order chi connectivity index (χ0) is 12.4. The maximum Gasteiger partial charge on any atom is 0.130 e. The molecule has 2 N–H and O–H groups in total. The summed E-state index contributed by atoms with van der Waals surface area (Å²) in [6.45, 7) is 0.902. The van der Waals surface area contributed by atoms with Crippen LogP contribution in [0, 0.1) is 11.6 Å². The fourth-order valence-corrected chi connectivity index (χ4v) is 3.39. The topological polar surface area (TPSA) is 29.3 Å². The highest BCUT2D eigenvalue weighted by Gasteiger charge is 2.29. The molecule has 1 aromatic carbocycles. The van der Waals surface area contributed by atoms with Gasteiger partial charge in [0.15, 0.2) is 0 Å². The number of halogens is 2. The molecule has 5 heteroatoms. The minimum Gasteiger partial charge on any atom is -0.322 e. The first-order chi connectivity index (χ1) is 8.11. The molecule has 1 heterocycles. The lowest BCUT2D eigenvalue weighted by Gasteiger charge is -2.36. The van der Waals surface area contributed by atoms with Gasteiger partial charge in [-0.3, -0.25) is 4.90 Å². The van der Waals surface area contributed by atoms with E-state index in [2.05, 4.69) is 4.90 Å². The molecular formula is C12H16F2N2S. The summed E-state index contributed by atoms with van der Waals surface area (Å²) in [6, 6.07) is 3.25. The summed E-state index contributed by atoms with van der Waals surface area (Å²) in [6.07, 6.45) is 0. The number of benzene rings is 1. The maximum absolute atomic E-state index is 13.6. The Balaban J connectivity index is 2.26. The largest absolute Gasteiger partial charge is 0.322 e. The highest BCUT2D eigenvalue weighted by Crippen LogP contribution is 2.28. The van der Waals surface area contributed by atoms with E-state index in [9.17, 15) is 8.78 Å². The number of rotatable bonds is 2. The molecule has 0 radical (unpaired) electrons. The molecule has 2 rings (SSSR count). The highest BCUT2D eigenvalue weighted by atomic mass is 32.2. The molecule has 2 unspecified atom stereocenters. The lowest BCUT2D eigenvalue weighted by atomic mass is 9.99. The average Bonchev–Trinajstić information content (AvgIpc) is 2.29. The summed E-state index contributed by atoms with van der Waals surface area (Å²) in [5.74, 6) is 0.744. The van der Waals surface area contributed by atoms with Crippen molar-refractivity contribution in [3.63, 3.8) is 0 Å². The summed E-state index contributed by atoms with van der Waals surface area (Å²) in [5.41, 5.74) is 6.03. The van der Waals surface area contributed by atoms with E-state index in [1.165, 1.54) is 18.2 Å². The van der Waals surface area contributed by atoms with Crippen molar-refractivity contribution in [2.24, 2.45) is 5.73 Å². The van der Waals surface area contributed by atoms with E-state index in [0.717, 1.165) is 18.1 Å². The van der Waals surface area contributed by atoms with Gasteiger partial charge in [-0.2, -0.15) is 11.8 Å². The number of nitrogens with zero attached hydrogens (tertiary/aromatic N) is 1. The van der Waals surface area contributed by atoms with E-state index in [0.29, 0.717) is 0 Å². The summed E-state index contributed by atoms with van der Waals surface area (Å²) in [5, 5.41) is 0. The SMILES string of the molecule is CN1CCSCC1C(N)c1c(F)cccc1F. The van der Waals surface area contributed by atoms with Gasteiger partial charge in [0.1, 0.15) is 11.6 Å². The van der Waals surface area contributed by atoms with E-state index in [-0.39, 0.29) is 11.6 Å². The van der Waals surface area contributed by atoms with Crippen molar-refractivity contribution in [1.82, 2.24) is 4.90 Å². The van der Waals surface area contributed by atoms with Crippen LogP contribution in [0.1, 0.15) is 11.6 Å². The zero-order valence-corrected chi connectivity index (χ0v) is 10.5. The summed E-state index contributed by atoms with van der Waals surface area (Å²) in [7, 11) is 1.95. The van der Waals surface area contributed by atoms with Gasteiger partial charge < -0.3 is 5.73 Å². The molecule has 0 aromatic heterocycles. The summed E-state index contributed by atoms with van der Waals surface area (Å²) in [4.78, 5) is 2.08. The molecule has 0 amide bonds. The highest BCUT2D eigenvalue weighted by molar-refractivity contribution is 7.99. The van der Waals surface area contributed by atoms with Crippen molar-refractivity contribution in [2.75, 3.05) is 25.1 Å². The molecule has 1 aliphatic heterocycles. The smallest absolute Gasteiger partial charge is 0.130 e. The molecule has 0 bridgehead atoms. The third-order valence-corrected chi connectivity index (χ3v) is 4.24. The van der Waals surface area contributed by atoms with Gasteiger partial charge in [-0.25, -0.2) is 8.78 Å². The Morgan fingerprint density at radius 3 is 2.65 bits per heavy atom. The van der Waals surface area contributed by atoms with Crippen molar-refractivity contribution >= 4 is 11.8 Å². The standard InChI is InChI=1S/C12H16F2N2S/c1-16-5-6-17-7-10(16)12(15)11-8(13)3-2-4-9(11)14/h2-4,10,12H,5-7,15H2,1H3. The molecule has 1 fully saturated rings. The van der Waals surface area contributed by atoms with Gasteiger partial charge in [0, 0.05) is 29.7 Å². The lowest BCUT2D eigenvalue weighted by molar-refractivity contribution is 0.232. The third kappa shape index (κ3) is 2.61. The van der Waals surface area contributed by atoms with Crippen LogP contribution in [0.2, 0.25) is 0 Å². The van der Waals surface area contributed by atoms with E-state index in [4.69, 9.17) is 5.73 Å². The van der Waals surface area contributed by atoms with Crippen molar-refractivity contribution in [2.45, 2.75) is 12.1 Å². The number of hydrogen-bond donors (Lipinski definition) is 1. The molecule has 2 nitrogen and oxygen atoms in total. The van der Waals surface area contributed by atoms with Gasteiger partial charge in [-0.1, -0.05) is 6.07 Å². The van der Waals surface area contributed by atoms with Gasteiger partial charge in [0.05, 0.1) is 6.04 Å². The quantitative estimate of drug-likeness (QED) is 0.880. The van der Waals surface area contributed by atoms with Gasteiger partial charge in [0.2, 0.25) is 0 Å². The average molecular weight is 258 g/mol. The molecule has 0 spiro atoms. The maximum atomic E-state index is 13.6. The van der Waals surface area contributed by atoms with Crippen LogP contribution in [-0.4, -0.2) is 36.0 Å². The fraction of sp³-hybridized carbons (Fsp3) is 0.500. The predicted molar refractivity (Wildman–Crippen MR) is 67.0 cm³/mol. The molecule has 1 aromatic rings. The Kier molecular flexibility index (Phi) is 4.01.